The summed E-state index contributed by atoms with van der Waals surface area (Å²) in [4.78, 5) is 10.0. The van der Waals surface area contributed by atoms with Crippen molar-refractivity contribution < 1.29 is 13.3 Å². The zero-order chi connectivity index (χ0) is 15.6. The van der Waals surface area contributed by atoms with Crippen LogP contribution >= 0.6 is 11.3 Å². The summed E-state index contributed by atoms with van der Waals surface area (Å²) in [6.45, 7) is 2.58. The van der Waals surface area contributed by atoms with Gasteiger partial charge in [-0.25, -0.2) is 13.1 Å². The van der Waals surface area contributed by atoms with Gasteiger partial charge in [0.1, 0.15) is 4.21 Å². The molecule has 0 amide bonds. The highest BCUT2D eigenvalue weighted by Crippen LogP contribution is 2.34. The van der Waals surface area contributed by atoms with Crippen molar-refractivity contribution in [2.75, 3.05) is 12.3 Å². The molecule has 1 aliphatic rings. The number of nitro groups is 1. The van der Waals surface area contributed by atoms with Crippen molar-refractivity contribution in [3.63, 3.8) is 0 Å². The minimum atomic E-state index is -3.72. The molecule has 0 bridgehead atoms. The zero-order valence-corrected chi connectivity index (χ0v) is 13.4. The first-order valence-electron chi connectivity index (χ1n) is 6.83. The van der Waals surface area contributed by atoms with Gasteiger partial charge >= 0.3 is 5.69 Å². The van der Waals surface area contributed by atoms with E-state index in [4.69, 9.17) is 5.73 Å². The van der Waals surface area contributed by atoms with E-state index in [1.807, 2.05) is 0 Å². The van der Waals surface area contributed by atoms with Gasteiger partial charge in [0, 0.05) is 12.6 Å². The Morgan fingerprint density at radius 2 is 2.05 bits per heavy atom. The molecule has 1 heterocycles. The molecule has 0 atom stereocenters. The van der Waals surface area contributed by atoms with E-state index in [9.17, 15) is 18.5 Å². The van der Waals surface area contributed by atoms with Crippen LogP contribution in [0.5, 0.6) is 0 Å². The molecule has 118 valence electrons. The molecule has 1 aromatic heterocycles. The van der Waals surface area contributed by atoms with Crippen LogP contribution in [0.4, 0.5) is 10.7 Å². The maximum absolute atomic E-state index is 12.1. The summed E-state index contributed by atoms with van der Waals surface area (Å²) >= 11 is 0.722. The number of nitrogens with zero attached hydrogens (tertiary/aromatic N) is 1. The van der Waals surface area contributed by atoms with Crippen molar-refractivity contribution in [3.05, 3.63) is 16.2 Å². The van der Waals surface area contributed by atoms with E-state index < -0.39 is 14.9 Å². The van der Waals surface area contributed by atoms with Crippen LogP contribution in [0.1, 0.15) is 32.6 Å². The normalized spacial score (nSPS) is 23.1. The third kappa shape index (κ3) is 3.92. The third-order valence-electron chi connectivity index (χ3n) is 3.88. The average molecular weight is 333 g/mol. The Morgan fingerprint density at radius 3 is 2.57 bits per heavy atom. The Labute approximate surface area is 127 Å². The molecule has 0 unspecified atom stereocenters. The fraction of sp³-hybridized carbons (Fsp3) is 0.667. The van der Waals surface area contributed by atoms with E-state index in [0.29, 0.717) is 18.4 Å². The van der Waals surface area contributed by atoms with Crippen molar-refractivity contribution in [2.24, 2.45) is 11.8 Å². The molecule has 2 rings (SSSR count). The molecule has 1 saturated carbocycles. The lowest BCUT2D eigenvalue weighted by Gasteiger charge is -2.25. The highest BCUT2D eigenvalue weighted by Gasteiger charge is 2.26. The van der Waals surface area contributed by atoms with Crippen LogP contribution in [0.15, 0.2) is 10.3 Å². The lowest BCUT2D eigenvalue weighted by molar-refractivity contribution is -0.383. The number of hydrogen-bond acceptors (Lipinski definition) is 6. The van der Waals surface area contributed by atoms with Gasteiger partial charge in [0.05, 0.1) is 4.92 Å². The van der Waals surface area contributed by atoms with E-state index in [1.54, 1.807) is 0 Å². The van der Waals surface area contributed by atoms with Crippen molar-refractivity contribution >= 4 is 32.0 Å². The van der Waals surface area contributed by atoms with Crippen LogP contribution in [0.2, 0.25) is 0 Å². The first-order chi connectivity index (χ1) is 9.79. The molecule has 1 aliphatic carbocycles. The summed E-state index contributed by atoms with van der Waals surface area (Å²) < 4.78 is 26.7. The summed E-state index contributed by atoms with van der Waals surface area (Å²) in [5, 5.41) is 10.6. The number of nitrogens with one attached hydrogen (secondary N) is 1. The number of thiophene rings is 1. The number of anilines is 1. The summed E-state index contributed by atoms with van der Waals surface area (Å²) in [6.07, 6.45) is 4.25. The molecule has 0 saturated heterocycles. The number of nitrogen functional groups attached to an aromatic ring is 1. The van der Waals surface area contributed by atoms with E-state index >= 15 is 0 Å². The second-order valence-electron chi connectivity index (χ2n) is 5.55. The van der Waals surface area contributed by atoms with Crippen molar-refractivity contribution in [1.82, 2.24) is 4.72 Å². The predicted molar refractivity (Wildman–Crippen MR) is 81.7 cm³/mol. The van der Waals surface area contributed by atoms with Crippen molar-refractivity contribution in [2.45, 2.75) is 36.8 Å². The summed E-state index contributed by atoms with van der Waals surface area (Å²) in [7, 11) is -3.72. The second-order valence-corrected chi connectivity index (χ2v) is 8.63. The second kappa shape index (κ2) is 6.29. The highest BCUT2D eigenvalue weighted by atomic mass is 32.2. The number of sulfonamides is 1. The molecule has 1 aromatic rings. The van der Waals surface area contributed by atoms with E-state index in [-0.39, 0.29) is 14.9 Å². The molecule has 0 aliphatic heterocycles. The maximum Gasteiger partial charge on any atom is 0.304 e. The monoisotopic (exact) mass is 333 g/mol. The van der Waals surface area contributed by atoms with E-state index in [2.05, 4.69) is 11.6 Å². The molecule has 9 heteroatoms. The lowest BCUT2D eigenvalue weighted by atomic mass is 9.83. The summed E-state index contributed by atoms with van der Waals surface area (Å²) in [5.74, 6) is 1.04. The Morgan fingerprint density at radius 1 is 1.43 bits per heavy atom. The van der Waals surface area contributed by atoms with Crippen LogP contribution in [-0.2, 0) is 10.0 Å². The van der Waals surface area contributed by atoms with Crippen molar-refractivity contribution in [3.8, 4) is 0 Å². The van der Waals surface area contributed by atoms with Gasteiger partial charge in [-0.15, -0.1) is 0 Å². The van der Waals surface area contributed by atoms with Crippen LogP contribution in [0.3, 0.4) is 0 Å². The van der Waals surface area contributed by atoms with Gasteiger partial charge in [-0.2, -0.15) is 0 Å². The smallest absolute Gasteiger partial charge is 0.304 e. The molecule has 3 N–H and O–H groups in total. The van der Waals surface area contributed by atoms with Gasteiger partial charge in [-0.05, 0) is 24.7 Å². The van der Waals surface area contributed by atoms with Gasteiger partial charge in [0.15, 0.2) is 5.00 Å². The first-order valence-corrected chi connectivity index (χ1v) is 9.13. The molecule has 0 aromatic carbocycles. The highest BCUT2D eigenvalue weighted by molar-refractivity contribution is 7.91. The van der Waals surface area contributed by atoms with Gasteiger partial charge in [0.2, 0.25) is 10.0 Å². The van der Waals surface area contributed by atoms with E-state index in [1.165, 1.54) is 0 Å². The van der Waals surface area contributed by atoms with Gasteiger partial charge < -0.3 is 5.73 Å². The third-order valence-corrected chi connectivity index (χ3v) is 6.73. The molecule has 21 heavy (non-hydrogen) atoms. The molecule has 1 fully saturated rings. The van der Waals surface area contributed by atoms with Gasteiger partial charge in [-0.1, -0.05) is 31.1 Å². The number of rotatable bonds is 5. The van der Waals surface area contributed by atoms with Crippen LogP contribution in [0, 0.1) is 22.0 Å². The molecule has 0 radical (unpaired) electrons. The molecular weight excluding hydrogens is 314 g/mol. The maximum atomic E-state index is 12.1. The number of hydrogen-bond donors (Lipinski definition) is 2. The SMILES string of the molecule is CC1CCC(CNS(=O)(=O)c2cc([N+](=O)[O-])c(N)s2)CC1. The fourth-order valence-corrected chi connectivity index (χ4v) is 4.85. The lowest BCUT2D eigenvalue weighted by Crippen LogP contribution is -2.30. The Kier molecular flexibility index (Phi) is 4.84. The summed E-state index contributed by atoms with van der Waals surface area (Å²) in [6, 6.07) is 1.02. The minimum Gasteiger partial charge on any atom is -0.385 e. The largest absolute Gasteiger partial charge is 0.385 e. The first kappa shape index (κ1) is 16.2. The average Bonchev–Trinajstić information content (AvgIpc) is 2.81. The molecular formula is C12H19N3O4S2. The quantitative estimate of drug-likeness (QED) is 0.634. The molecule has 7 nitrogen and oxygen atoms in total. The predicted octanol–water partition coefficient (Wildman–Crippen LogP) is 2.34. The topological polar surface area (TPSA) is 115 Å². The van der Waals surface area contributed by atoms with Crippen LogP contribution in [-0.4, -0.2) is 19.9 Å². The Hall–Kier alpha value is -1.19. The number of nitrogens with two attached hydrogens (primary N) is 1. The Balaban J connectivity index is 2.02. The standard InChI is InChI=1S/C12H19N3O4S2/c1-8-2-4-9(5-3-8)7-14-21(18,19)11-6-10(15(16)17)12(13)20-11/h6,8-9,14H,2-5,7,13H2,1H3. The van der Waals surface area contributed by atoms with E-state index in [0.717, 1.165) is 43.1 Å². The van der Waals surface area contributed by atoms with Crippen LogP contribution in [0.25, 0.3) is 0 Å². The van der Waals surface area contributed by atoms with Crippen LogP contribution < -0.4 is 10.5 Å². The minimum absolute atomic E-state index is 0.0909. The van der Waals surface area contributed by atoms with Gasteiger partial charge in [0.25, 0.3) is 0 Å². The van der Waals surface area contributed by atoms with Crippen molar-refractivity contribution in [1.29, 1.82) is 0 Å². The zero-order valence-electron chi connectivity index (χ0n) is 11.7. The van der Waals surface area contributed by atoms with Gasteiger partial charge in [-0.3, -0.25) is 10.1 Å². The Bertz CT molecular complexity index is 618. The summed E-state index contributed by atoms with van der Waals surface area (Å²) in [5.41, 5.74) is 5.12. The fourth-order valence-electron chi connectivity index (χ4n) is 2.48. The molecule has 0 spiro atoms.